The second-order valence-corrected chi connectivity index (χ2v) is 12.4. The van der Waals surface area contributed by atoms with E-state index in [1.54, 1.807) is 0 Å². The molecule has 1 fully saturated rings. The lowest BCUT2D eigenvalue weighted by Crippen LogP contribution is -2.43. The van der Waals surface area contributed by atoms with E-state index < -0.39 is 25.8 Å². The van der Waals surface area contributed by atoms with E-state index >= 15 is 0 Å². The molecule has 1 aliphatic rings. The van der Waals surface area contributed by atoms with E-state index in [1.807, 2.05) is 0 Å². The Morgan fingerprint density at radius 1 is 1.43 bits per heavy atom. The third-order valence-corrected chi connectivity index (χ3v) is 9.55. The lowest BCUT2D eigenvalue weighted by Gasteiger charge is -2.37. The Balaban J connectivity index is 2.08. The molecular formula is C13H22N2O4SSi. The number of aromatic amines is 1. The van der Waals surface area contributed by atoms with E-state index in [-0.39, 0.29) is 10.7 Å². The van der Waals surface area contributed by atoms with Crippen LogP contribution >= 0.6 is 11.8 Å². The molecule has 1 aromatic heterocycles. The summed E-state index contributed by atoms with van der Waals surface area (Å²) >= 11 is 1.54. The van der Waals surface area contributed by atoms with Crippen LogP contribution in [0.1, 0.15) is 27.0 Å². The van der Waals surface area contributed by atoms with E-state index in [0.717, 1.165) is 0 Å². The van der Waals surface area contributed by atoms with Crippen LogP contribution < -0.4 is 11.2 Å². The molecule has 1 aromatic rings. The van der Waals surface area contributed by atoms with Crippen molar-refractivity contribution in [1.82, 2.24) is 9.55 Å². The number of aromatic nitrogens is 2. The van der Waals surface area contributed by atoms with Gasteiger partial charge in [-0.15, -0.1) is 0 Å². The Morgan fingerprint density at radius 3 is 2.67 bits per heavy atom. The molecule has 1 N–H and O–H groups in total. The molecule has 0 saturated carbocycles. The summed E-state index contributed by atoms with van der Waals surface area (Å²) in [5, 5.41) is 0.101. The highest BCUT2D eigenvalue weighted by Crippen LogP contribution is 2.41. The Kier molecular flexibility index (Phi) is 4.53. The van der Waals surface area contributed by atoms with Crippen LogP contribution in [-0.2, 0) is 9.16 Å². The highest BCUT2D eigenvalue weighted by molar-refractivity contribution is 7.99. The van der Waals surface area contributed by atoms with Gasteiger partial charge in [0.05, 0.1) is 0 Å². The van der Waals surface area contributed by atoms with Gasteiger partial charge in [-0.1, -0.05) is 32.5 Å². The molecule has 2 rings (SSSR count). The third-order valence-electron chi connectivity index (χ3n) is 4.00. The number of nitrogens with one attached hydrogen (secondary N) is 1. The zero-order valence-corrected chi connectivity index (χ0v) is 14.8. The van der Waals surface area contributed by atoms with Crippen LogP contribution in [0.3, 0.4) is 0 Å². The van der Waals surface area contributed by atoms with E-state index in [4.69, 9.17) is 9.16 Å². The van der Waals surface area contributed by atoms with Crippen molar-refractivity contribution in [3.63, 3.8) is 0 Å². The van der Waals surface area contributed by atoms with E-state index in [0.29, 0.717) is 5.75 Å². The number of nitrogens with zero attached hydrogens (tertiary/aromatic N) is 1. The summed E-state index contributed by atoms with van der Waals surface area (Å²) in [4.78, 5) is 25.1. The summed E-state index contributed by atoms with van der Waals surface area (Å²) < 4.78 is 13.4. The second kappa shape index (κ2) is 5.75. The lowest BCUT2D eigenvalue weighted by molar-refractivity contribution is -0.0765. The molecule has 0 spiro atoms. The predicted molar refractivity (Wildman–Crippen MR) is 86.0 cm³/mol. The first-order valence-corrected chi connectivity index (χ1v) is 10.8. The van der Waals surface area contributed by atoms with Gasteiger partial charge in [-0.05, 0) is 18.1 Å². The Hall–Kier alpha value is -0.833. The van der Waals surface area contributed by atoms with Gasteiger partial charge in [0.2, 0.25) is 0 Å². The first kappa shape index (κ1) is 16.5. The molecule has 0 aliphatic carbocycles. The van der Waals surface area contributed by atoms with Gasteiger partial charge in [0.15, 0.2) is 20.2 Å². The average Bonchev–Trinajstić information content (AvgIpc) is 2.74. The maximum atomic E-state index is 11.8. The normalized spacial score (nSPS) is 23.5. The lowest BCUT2D eigenvalue weighted by atomic mass is 10.2. The zero-order chi connectivity index (χ0) is 15.8. The molecule has 1 aliphatic heterocycles. The fraction of sp³-hybridized carbons (Fsp3) is 0.692. The molecule has 0 amide bonds. The van der Waals surface area contributed by atoms with Crippen molar-refractivity contribution in [2.75, 3.05) is 5.75 Å². The van der Waals surface area contributed by atoms with Gasteiger partial charge in [-0.2, -0.15) is 0 Å². The highest BCUT2D eigenvalue weighted by Gasteiger charge is 2.42. The molecule has 6 nitrogen and oxygen atoms in total. The van der Waals surface area contributed by atoms with Crippen molar-refractivity contribution < 1.29 is 9.16 Å². The summed E-state index contributed by atoms with van der Waals surface area (Å²) in [5.41, 5.74) is -1.23. The van der Waals surface area contributed by atoms with Crippen molar-refractivity contribution in [2.45, 2.75) is 50.8 Å². The number of hydrogen-bond donors (Lipinski definition) is 1. The number of hydrogen-bond acceptors (Lipinski definition) is 5. The molecule has 0 bridgehead atoms. The molecule has 118 valence electrons. The minimum atomic E-state index is -1.91. The minimum absolute atomic E-state index is 0.101. The Labute approximate surface area is 129 Å². The molecule has 2 atom stereocenters. The molecule has 2 unspecified atom stereocenters. The molecule has 21 heavy (non-hydrogen) atoms. The van der Waals surface area contributed by atoms with Crippen molar-refractivity contribution in [1.29, 1.82) is 0 Å². The van der Waals surface area contributed by atoms with Crippen LogP contribution in [-0.4, -0.2) is 29.2 Å². The smallest absolute Gasteiger partial charge is 0.330 e. The standard InChI is InChI=1S/C13H22N2O4SSi/c1-13(2,3)21(4,5)19-12-18-10(8-20-12)15-7-6-9(16)14-11(15)17/h6-7,10,12H,8H2,1-5H3,(H,14,16,17). The third kappa shape index (κ3) is 3.68. The Morgan fingerprint density at radius 2 is 2.10 bits per heavy atom. The first-order chi connectivity index (χ1) is 9.60. The van der Waals surface area contributed by atoms with Crippen molar-refractivity contribution >= 4 is 20.1 Å². The van der Waals surface area contributed by atoms with Gasteiger partial charge in [0.1, 0.15) is 0 Å². The number of rotatable bonds is 3. The van der Waals surface area contributed by atoms with Crippen LogP contribution in [0.2, 0.25) is 18.1 Å². The monoisotopic (exact) mass is 330 g/mol. The molecule has 2 heterocycles. The van der Waals surface area contributed by atoms with Crippen LogP contribution in [0.15, 0.2) is 21.9 Å². The molecule has 1 saturated heterocycles. The summed E-state index contributed by atoms with van der Waals surface area (Å²) in [6.07, 6.45) is 1.05. The molecule has 8 heteroatoms. The molecular weight excluding hydrogens is 308 g/mol. The minimum Gasteiger partial charge on any atom is -0.384 e. The van der Waals surface area contributed by atoms with Crippen molar-refractivity contribution in [3.05, 3.63) is 33.1 Å². The number of ether oxygens (including phenoxy) is 1. The topological polar surface area (TPSA) is 73.3 Å². The average molecular weight is 330 g/mol. The van der Waals surface area contributed by atoms with Crippen LogP contribution in [0.25, 0.3) is 0 Å². The van der Waals surface area contributed by atoms with E-state index in [1.165, 1.54) is 28.6 Å². The van der Waals surface area contributed by atoms with Crippen LogP contribution in [0.4, 0.5) is 0 Å². The van der Waals surface area contributed by atoms with Gasteiger partial charge < -0.3 is 9.16 Å². The SMILES string of the molecule is CC(C)(C)[Si](C)(C)OC1OC(n2ccc(=O)[nH]c2=O)CS1. The van der Waals surface area contributed by atoms with Gasteiger partial charge in [-0.25, -0.2) is 4.79 Å². The maximum absolute atomic E-state index is 11.8. The van der Waals surface area contributed by atoms with E-state index in [9.17, 15) is 9.59 Å². The summed E-state index contributed by atoms with van der Waals surface area (Å²) in [7, 11) is -1.91. The molecule has 0 aromatic carbocycles. The maximum Gasteiger partial charge on any atom is 0.330 e. The second-order valence-electron chi connectivity index (χ2n) is 6.61. The fourth-order valence-corrected chi connectivity index (χ4v) is 4.30. The van der Waals surface area contributed by atoms with Crippen LogP contribution in [0.5, 0.6) is 0 Å². The Bertz CT molecular complexity index is 620. The van der Waals surface area contributed by atoms with Gasteiger partial charge in [0.25, 0.3) is 5.56 Å². The number of H-pyrrole nitrogens is 1. The fourth-order valence-electron chi connectivity index (χ4n) is 1.65. The van der Waals surface area contributed by atoms with Crippen molar-refractivity contribution in [3.8, 4) is 0 Å². The summed E-state index contributed by atoms with van der Waals surface area (Å²) in [6.45, 7) is 10.8. The largest absolute Gasteiger partial charge is 0.384 e. The van der Waals surface area contributed by atoms with Gasteiger partial charge in [0, 0.05) is 18.0 Å². The predicted octanol–water partition coefficient (Wildman–Crippen LogP) is 2.10. The quantitative estimate of drug-likeness (QED) is 0.859. The van der Waals surface area contributed by atoms with E-state index in [2.05, 4.69) is 38.8 Å². The number of thioether (sulfide) groups is 1. The van der Waals surface area contributed by atoms with Gasteiger partial charge in [-0.3, -0.25) is 14.3 Å². The van der Waals surface area contributed by atoms with Gasteiger partial charge >= 0.3 is 5.69 Å². The zero-order valence-electron chi connectivity index (χ0n) is 13.0. The summed E-state index contributed by atoms with van der Waals surface area (Å²) in [5.74, 6) is 0.616. The highest BCUT2D eigenvalue weighted by atomic mass is 32.2. The van der Waals surface area contributed by atoms with Crippen LogP contribution in [0, 0.1) is 0 Å². The molecule has 0 radical (unpaired) electrons. The first-order valence-electron chi connectivity index (χ1n) is 6.86. The van der Waals surface area contributed by atoms with Crippen molar-refractivity contribution in [2.24, 2.45) is 0 Å². The summed E-state index contributed by atoms with van der Waals surface area (Å²) in [6, 6.07) is 1.32.